The second-order valence-corrected chi connectivity index (χ2v) is 11.2. The number of nitrogens with zero attached hydrogens (tertiary/aromatic N) is 2. The van der Waals surface area contributed by atoms with Gasteiger partial charge in [-0.3, -0.25) is 8.67 Å². The Morgan fingerprint density at radius 2 is 1.34 bits per heavy atom. The average molecular weight is 517 g/mol. The minimum atomic E-state index is -4.42. The summed E-state index contributed by atoms with van der Waals surface area (Å²) in [6.07, 6.45) is 22.7. The molecule has 0 N–H and O–H groups in total. The van der Waals surface area contributed by atoms with Gasteiger partial charge >= 0.3 is 0 Å². The monoisotopic (exact) mass is 516 g/mol. The van der Waals surface area contributed by atoms with Crippen LogP contribution in [-0.4, -0.2) is 56.1 Å². The molecule has 1 rings (SSSR count). The van der Waals surface area contributed by atoms with E-state index in [2.05, 4.69) is 31.5 Å². The van der Waals surface area contributed by atoms with Crippen LogP contribution in [0.5, 0.6) is 0 Å². The molecule has 0 amide bonds. The van der Waals surface area contributed by atoms with Crippen LogP contribution in [0.4, 0.5) is 0 Å². The topological polar surface area (TPSA) is 78.8 Å². The fourth-order valence-electron chi connectivity index (χ4n) is 4.90. The largest absolute Gasteiger partial charge is 0.726 e. The van der Waals surface area contributed by atoms with Gasteiger partial charge in [-0.05, 0) is 32.8 Å². The van der Waals surface area contributed by atoms with Gasteiger partial charge in [0.25, 0.3) is 0 Å². The molecule has 0 spiro atoms. The quantitative estimate of drug-likeness (QED) is 0.0518. The van der Waals surface area contributed by atoms with Crippen molar-refractivity contribution >= 4 is 16.2 Å². The lowest BCUT2D eigenvalue weighted by Crippen LogP contribution is -2.51. The van der Waals surface area contributed by atoms with Crippen molar-refractivity contribution in [3.8, 4) is 0 Å². The van der Waals surface area contributed by atoms with Gasteiger partial charge in [0, 0.05) is 6.42 Å². The molecule has 0 saturated heterocycles. The highest BCUT2D eigenvalue weighted by Gasteiger charge is 2.35. The lowest BCUT2D eigenvalue weighted by atomic mass is 10.0. The van der Waals surface area contributed by atoms with Crippen LogP contribution in [0.2, 0.25) is 0 Å². The van der Waals surface area contributed by atoms with Crippen molar-refractivity contribution in [2.75, 3.05) is 32.8 Å². The van der Waals surface area contributed by atoms with Crippen molar-refractivity contribution in [2.24, 2.45) is 4.99 Å². The summed E-state index contributed by atoms with van der Waals surface area (Å²) in [5.74, 6) is 1.46. The molecule has 208 valence electrons. The maximum Gasteiger partial charge on any atom is 0.217 e. The van der Waals surface area contributed by atoms with E-state index >= 15 is 0 Å². The number of quaternary nitrogens is 1. The molecule has 1 atom stereocenters. The lowest BCUT2D eigenvalue weighted by Gasteiger charge is -2.34. The maximum absolute atomic E-state index is 9.45. The highest BCUT2D eigenvalue weighted by Crippen LogP contribution is 2.22. The van der Waals surface area contributed by atoms with E-state index in [0.29, 0.717) is 0 Å². The first-order valence-electron chi connectivity index (χ1n) is 14.3. The zero-order valence-corrected chi connectivity index (χ0v) is 24.3. The van der Waals surface area contributed by atoms with Crippen molar-refractivity contribution in [3.63, 3.8) is 0 Å². The Bertz CT molecular complexity index is 664. The molecule has 0 aliphatic carbocycles. The molecule has 0 bridgehead atoms. The molecule has 1 aliphatic heterocycles. The Hall–Kier alpha value is -0.760. The van der Waals surface area contributed by atoms with E-state index in [4.69, 9.17) is 4.99 Å². The van der Waals surface area contributed by atoms with Gasteiger partial charge in [-0.1, -0.05) is 103 Å². The van der Waals surface area contributed by atoms with Crippen molar-refractivity contribution in [1.29, 1.82) is 0 Å². The molecule has 0 aromatic rings. The summed E-state index contributed by atoms with van der Waals surface area (Å²) < 4.78 is 33.1. The number of hydrogen-bond donors (Lipinski definition) is 0. The molecule has 1 unspecified atom stereocenters. The van der Waals surface area contributed by atoms with Gasteiger partial charge in [-0.25, -0.2) is 13.4 Å². The molecule has 0 fully saturated rings. The first kappa shape index (κ1) is 34.2. The van der Waals surface area contributed by atoms with Crippen LogP contribution in [0, 0.1) is 0 Å². The summed E-state index contributed by atoms with van der Waals surface area (Å²) in [5.41, 5.74) is 1.30. The van der Waals surface area contributed by atoms with E-state index in [0.717, 1.165) is 17.6 Å². The number of unbranched alkanes of at least 4 members (excludes halogenated alkanes) is 14. The van der Waals surface area contributed by atoms with E-state index in [1.165, 1.54) is 134 Å². The van der Waals surface area contributed by atoms with Crippen molar-refractivity contribution < 1.29 is 21.6 Å². The third-order valence-electron chi connectivity index (χ3n) is 6.81. The average Bonchev–Trinajstić information content (AvgIpc) is 3.18. The van der Waals surface area contributed by atoms with E-state index < -0.39 is 10.4 Å². The number of aliphatic imine (C=N–C) groups is 1. The fourth-order valence-corrected chi connectivity index (χ4v) is 5.19. The first-order valence-corrected chi connectivity index (χ1v) is 15.7. The fraction of sp³-hybridized carbons (Fsp3) is 0.893. The van der Waals surface area contributed by atoms with Crippen molar-refractivity contribution in [1.82, 2.24) is 0 Å². The van der Waals surface area contributed by atoms with Gasteiger partial charge in [0.1, 0.15) is 13.1 Å². The second-order valence-electron chi connectivity index (χ2n) is 10.1. The standard InChI is InChI=1S/C26H51N2.C2H6O4S/c1-5-7-8-9-10-11-12-13-14-15-16-17-18-19-20-21-26-27-22-23-28(26,6-2)24-25(3)4;1-2-6-7(3,4)5/h3,5-24H2,1-2,4H3;2H2,1H3,(H,3,4,5)/q+1;/p-1. The van der Waals surface area contributed by atoms with Gasteiger partial charge < -0.3 is 4.55 Å². The molecule has 0 aromatic carbocycles. The van der Waals surface area contributed by atoms with Crippen molar-refractivity contribution in [3.05, 3.63) is 12.2 Å². The molecule has 1 heterocycles. The Balaban J connectivity index is 0.00000143. The summed E-state index contributed by atoms with van der Waals surface area (Å²) in [6, 6.07) is 0. The molecular weight excluding hydrogens is 460 g/mol. The molecular formula is C28H56N2O4S. The van der Waals surface area contributed by atoms with E-state index in [1.54, 1.807) is 0 Å². The van der Waals surface area contributed by atoms with Gasteiger partial charge in [0.15, 0.2) is 5.84 Å². The summed E-state index contributed by atoms with van der Waals surface area (Å²) in [7, 11) is -4.42. The molecule has 0 saturated carbocycles. The van der Waals surface area contributed by atoms with E-state index in [1.807, 2.05) is 0 Å². The van der Waals surface area contributed by atoms with Crippen LogP contribution in [-0.2, 0) is 14.6 Å². The normalized spacial score (nSPS) is 17.7. The Kier molecular flexibility index (Phi) is 20.9. The molecule has 1 aliphatic rings. The Morgan fingerprint density at radius 1 is 0.886 bits per heavy atom. The molecule has 0 radical (unpaired) electrons. The minimum absolute atomic E-state index is 0.0914. The maximum atomic E-state index is 9.45. The summed E-state index contributed by atoms with van der Waals surface area (Å²) in [6.45, 7) is 16.7. The predicted octanol–water partition coefficient (Wildman–Crippen LogP) is 7.56. The summed E-state index contributed by atoms with van der Waals surface area (Å²) in [4.78, 5) is 4.86. The van der Waals surface area contributed by atoms with E-state index in [-0.39, 0.29) is 6.61 Å². The zero-order valence-electron chi connectivity index (χ0n) is 23.5. The SMILES string of the molecule is C=C(C)C[N+]1(CC)CCN=C1CCCCCCCCCCCCCCCCC.CCOS(=O)(=O)[O-]. The van der Waals surface area contributed by atoms with Crippen molar-refractivity contribution in [2.45, 2.75) is 130 Å². The molecule has 6 nitrogen and oxygen atoms in total. The number of rotatable bonds is 21. The van der Waals surface area contributed by atoms with E-state index in [9.17, 15) is 13.0 Å². The third-order valence-corrected chi connectivity index (χ3v) is 7.34. The molecule has 35 heavy (non-hydrogen) atoms. The Labute approximate surface area is 218 Å². The predicted molar refractivity (Wildman–Crippen MR) is 149 cm³/mol. The van der Waals surface area contributed by atoms with Crippen LogP contribution in [0.1, 0.15) is 130 Å². The smallest absolute Gasteiger partial charge is 0.217 e. The van der Waals surface area contributed by atoms with Gasteiger partial charge in [0.05, 0.1) is 19.7 Å². The van der Waals surface area contributed by atoms with Crippen LogP contribution >= 0.6 is 0 Å². The van der Waals surface area contributed by atoms with Gasteiger partial charge in [-0.15, -0.1) is 0 Å². The highest BCUT2D eigenvalue weighted by atomic mass is 32.3. The van der Waals surface area contributed by atoms with Crippen LogP contribution in [0.25, 0.3) is 0 Å². The highest BCUT2D eigenvalue weighted by molar-refractivity contribution is 7.80. The zero-order chi connectivity index (χ0) is 26.4. The van der Waals surface area contributed by atoms with Gasteiger partial charge in [-0.2, -0.15) is 0 Å². The van der Waals surface area contributed by atoms with Crippen LogP contribution < -0.4 is 0 Å². The Morgan fingerprint density at radius 3 is 1.69 bits per heavy atom. The van der Waals surface area contributed by atoms with Gasteiger partial charge in [0.2, 0.25) is 10.4 Å². The minimum Gasteiger partial charge on any atom is -0.726 e. The number of amidine groups is 1. The molecule has 0 aromatic heterocycles. The molecule has 7 heteroatoms. The number of likely N-dealkylation sites (N-methyl/N-ethyl adjacent to an activating group) is 1. The van der Waals surface area contributed by atoms with Crippen LogP contribution in [0.15, 0.2) is 17.1 Å². The number of hydrogen-bond acceptors (Lipinski definition) is 5. The second kappa shape index (κ2) is 21.3. The van der Waals surface area contributed by atoms with Crippen LogP contribution in [0.3, 0.4) is 0 Å². The summed E-state index contributed by atoms with van der Waals surface area (Å²) in [5, 5.41) is 0. The third kappa shape index (κ3) is 19.1. The first-order chi connectivity index (χ1) is 16.7. The summed E-state index contributed by atoms with van der Waals surface area (Å²) >= 11 is 0. The lowest BCUT2D eigenvalue weighted by molar-refractivity contribution is -0.829.